The summed E-state index contributed by atoms with van der Waals surface area (Å²) in [6.07, 6.45) is 3.60. The van der Waals surface area contributed by atoms with Gasteiger partial charge in [0.15, 0.2) is 15.4 Å². The van der Waals surface area contributed by atoms with Gasteiger partial charge in [0, 0.05) is 11.1 Å². The van der Waals surface area contributed by atoms with Gasteiger partial charge in [0.25, 0.3) is 0 Å². The predicted molar refractivity (Wildman–Crippen MR) is 98.9 cm³/mol. The molecule has 148 valence electrons. The van der Waals surface area contributed by atoms with Crippen molar-refractivity contribution >= 4 is 32.7 Å². The Balaban J connectivity index is 1.81. The Bertz CT molecular complexity index is 1150. The van der Waals surface area contributed by atoms with Crippen LogP contribution in [-0.2, 0) is 9.84 Å². The molecule has 2 aromatic heterocycles. The van der Waals surface area contributed by atoms with Crippen molar-refractivity contribution < 1.29 is 26.0 Å². The summed E-state index contributed by atoms with van der Waals surface area (Å²) >= 11 is -0.249. The number of alkyl halides is 3. The van der Waals surface area contributed by atoms with Gasteiger partial charge in [-0.1, -0.05) is 6.92 Å². The highest BCUT2D eigenvalue weighted by Crippen LogP contribution is 2.42. The standard InChI is InChI=1S/C18H15F3N2O3S2/c1-2-28(24,25)15-7-11(10-3-4-10)9-22-16(15)17-23-13-8-12(27-18(19,20)21)5-6-14(13)26-17/h5-10H,2-4H2,1H3. The molecule has 28 heavy (non-hydrogen) atoms. The number of thioether (sulfide) groups is 1. The molecule has 1 saturated carbocycles. The molecule has 0 atom stereocenters. The van der Waals surface area contributed by atoms with Crippen LogP contribution in [0.2, 0.25) is 0 Å². The highest BCUT2D eigenvalue weighted by molar-refractivity contribution is 8.00. The van der Waals surface area contributed by atoms with Gasteiger partial charge >= 0.3 is 5.51 Å². The first-order chi connectivity index (χ1) is 13.2. The van der Waals surface area contributed by atoms with E-state index >= 15 is 0 Å². The van der Waals surface area contributed by atoms with Gasteiger partial charge in [0.05, 0.1) is 10.6 Å². The van der Waals surface area contributed by atoms with Crippen molar-refractivity contribution in [3.05, 3.63) is 36.0 Å². The fourth-order valence-electron chi connectivity index (χ4n) is 2.86. The summed E-state index contributed by atoms with van der Waals surface area (Å²) in [7, 11) is -3.59. The summed E-state index contributed by atoms with van der Waals surface area (Å²) in [5.41, 5.74) is -3.02. The summed E-state index contributed by atoms with van der Waals surface area (Å²) in [4.78, 5) is 8.49. The Morgan fingerprint density at radius 3 is 2.64 bits per heavy atom. The maximum atomic E-state index is 12.6. The minimum atomic E-state index is -4.41. The lowest BCUT2D eigenvalue weighted by Gasteiger charge is -2.08. The van der Waals surface area contributed by atoms with E-state index in [-0.39, 0.29) is 50.0 Å². The molecule has 0 amide bonds. The number of rotatable bonds is 5. The van der Waals surface area contributed by atoms with Gasteiger partial charge in [-0.05, 0) is 60.4 Å². The quantitative estimate of drug-likeness (QED) is 0.522. The molecule has 0 radical (unpaired) electrons. The number of hydrogen-bond donors (Lipinski definition) is 0. The molecule has 1 aliphatic rings. The normalized spacial score (nSPS) is 15.3. The van der Waals surface area contributed by atoms with Crippen LogP contribution >= 0.6 is 11.8 Å². The molecule has 3 aromatic rings. The van der Waals surface area contributed by atoms with Crippen LogP contribution in [0.3, 0.4) is 0 Å². The van der Waals surface area contributed by atoms with Gasteiger partial charge in [-0.2, -0.15) is 13.2 Å². The van der Waals surface area contributed by atoms with Crippen molar-refractivity contribution in [2.24, 2.45) is 0 Å². The second kappa shape index (κ2) is 6.77. The summed E-state index contributed by atoms with van der Waals surface area (Å²) in [5.74, 6) is 0.180. The summed E-state index contributed by atoms with van der Waals surface area (Å²) in [6, 6.07) is 5.53. The van der Waals surface area contributed by atoms with Crippen LogP contribution in [-0.4, -0.2) is 29.6 Å². The molecule has 0 bridgehead atoms. The van der Waals surface area contributed by atoms with Gasteiger partial charge in [-0.25, -0.2) is 18.4 Å². The Morgan fingerprint density at radius 2 is 2.00 bits per heavy atom. The lowest BCUT2D eigenvalue weighted by molar-refractivity contribution is -0.0328. The summed E-state index contributed by atoms with van der Waals surface area (Å²) in [5, 5.41) is 0. The van der Waals surface area contributed by atoms with Gasteiger partial charge in [0.2, 0.25) is 5.89 Å². The third-order valence-corrected chi connectivity index (χ3v) is 6.90. The number of benzene rings is 1. The Labute approximate surface area is 163 Å². The highest BCUT2D eigenvalue weighted by atomic mass is 32.2. The van der Waals surface area contributed by atoms with E-state index in [1.807, 2.05) is 0 Å². The first-order valence-electron chi connectivity index (χ1n) is 8.55. The second-order valence-electron chi connectivity index (χ2n) is 6.49. The van der Waals surface area contributed by atoms with Crippen LogP contribution in [0.4, 0.5) is 13.2 Å². The molecular weight excluding hydrogens is 413 g/mol. The minimum Gasteiger partial charge on any atom is -0.435 e. The molecule has 1 fully saturated rings. The molecule has 0 aliphatic heterocycles. The van der Waals surface area contributed by atoms with Crippen molar-refractivity contribution in [2.45, 2.75) is 41.0 Å². The van der Waals surface area contributed by atoms with Crippen LogP contribution in [0.25, 0.3) is 22.7 Å². The second-order valence-corrected chi connectivity index (χ2v) is 9.87. The molecule has 0 spiro atoms. The highest BCUT2D eigenvalue weighted by Gasteiger charge is 2.30. The van der Waals surface area contributed by atoms with Crippen LogP contribution in [0.15, 0.2) is 44.7 Å². The number of aromatic nitrogens is 2. The molecule has 5 nitrogen and oxygen atoms in total. The molecule has 4 rings (SSSR count). The molecular formula is C18H15F3N2O3S2. The average Bonchev–Trinajstić information content (AvgIpc) is 3.39. The van der Waals surface area contributed by atoms with Crippen LogP contribution < -0.4 is 0 Å². The van der Waals surface area contributed by atoms with E-state index in [9.17, 15) is 21.6 Å². The topological polar surface area (TPSA) is 73.1 Å². The number of pyridine rings is 1. The van der Waals surface area contributed by atoms with Gasteiger partial charge < -0.3 is 4.42 Å². The zero-order chi connectivity index (χ0) is 20.1. The van der Waals surface area contributed by atoms with Gasteiger partial charge in [0.1, 0.15) is 11.2 Å². The Hall–Kier alpha value is -2.07. The van der Waals surface area contributed by atoms with E-state index in [2.05, 4.69) is 9.97 Å². The van der Waals surface area contributed by atoms with E-state index < -0.39 is 15.3 Å². The van der Waals surface area contributed by atoms with Crippen molar-refractivity contribution in [1.82, 2.24) is 9.97 Å². The first kappa shape index (κ1) is 19.3. The molecule has 0 saturated heterocycles. The monoisotopic (exact) mass is 428 g/mol. The molecule has 1 aromatic carbocycles. The summed E-state index contributed by atoms with van der Waals surface area (Å²) < 4.78 is 68.5. The van der Waals surface area contributed by atoms with E-state index in [0.717, 1.165) is 18.4 Å². The van der Waals surface area contributed by atoms with Crippen LogP contribution in [0, 0.1) is 0 Å². The third kappa shape index (κ3) is 3.88. The summed E-state index contributed by atoms with van der Waals surface area (Å²) in [6.45, 7) is 1.54. The van der Waals surface area contributed by atoms with Crippen LogP contribution in [0.1, 0.15) is 31.2 Å². The number of nitrogens with zero attached hydrogens (tertiary/aromatic N) is 2. The molecule has 0 unspecified atom stereocenters. The maximum Gasteiger partial charge on any atom is 0.446 e. The van der Waals surface area contributed by atoms with Crippen molar-refractivity contribution in [3.63, 3.8) is 0 Å². The molecule has 0 N–H and O–H groups in total. The smallest absolute Gasteiger partial charge is 0.435 e. The zero-order valence-electron chi connectivity index (χ0n) is 14.7. The Morgan fingerprint density at radius 1 is 1.25 bits per heavy atom. The number of hydrogen-bond acceptors (Lipinski definition) is 6. The number of sulfone groups is 1. The maximum absolute atomic E-state index is 12.6. The zero-order valence-corrected chi connectivity index (χ0v) is 16.3. The average molecular weight is 428 g/mol. The van der Waals surface area contributed by atoms with E-state index in [0.29, 0.717) is 5.92 Å². The number of halogens is 3. The lowest BCUT2D eigenvalue weighted by Crippen LogP contribution is -2.08. The van der Waals surface area contributed by atoms with Gasteiger partial charge in [-0.15, -0.1) is 0 Å². The van der Waals surface area contributed by atoms with E-state index in [1.165, 1.54) is 25.1 Å². The molecule has 2 heterocycles. The number of oxazole rings is 1. The van der Waals surface area contributed by atoms with E-state index in [1.54, 1.807) is 12.3 Å². The molecule has 10 heteroatoms. The van der Waals surface area contributed by atoms with Crippen LogP contribution in [0.5, 0.6) is 0 Å². The van der Waals surface area contributed by atoms with Crippen molar-refractivity contribution in [3.8, 4) is 11.6 Å². The van der Waals surface area contributed by atoms with Crippen molar-refractivity contribution in [2.75, 3.05) is 5.75 Å². The fourth-order valence-corrected chi connectivity index (χ4v) is 4.49. The lowest BCUT2D eigenvalue weighted by atomic mass is 10.2. The minimum absolute atomic E-state index is 0.0291. The van der Waals surface area contributed by atoms with Gasteiger partial charge in [-0.3, -0.25) is 0 Å². The predicted octanol–water partition coefficient (Wildman–Crippen LogP) is 5.17. The van der Waals surface area contributed by atoms with E-state index in [4.69, 9.17) is 4.42 Å². The number of fused-ring (bicyclic) bond motifs is 1. The van der Waals surface area contributed by atoms with Crippen molar-refractivity contribution in [1.29, 1.82) is 0 Å². The SMILES string of the molecule is CCS(=O)(=O)c1cc(C2CC2)cnc1-c1nc2cc(SC(F)(F)F)ccc2o1. The fraction of sp³-hybridized carbons (Fsp3) is 0.333. The largest absolute Gasteiger partial charge is 0.446 e. The Kier molecular flexibility index (Phi) is 4.65. The third-order valence-electron chi connectivity index (χ3n) is 4.43. The first-order valence-corrected chi connectivity index (χ1v) is 11.0. The molecule has 1 aliphatic carbocycles.